The third kappa shape index (κ3) is 3.65. The number of imidazole rings is 1. The molecule has 1 fully saturated rings. The molecule has 2 aromatic rings. The van der Waals surface area contributed by atoms with Crippen LogP contribution in [-0.2, 0) is 13.1 Å². The van der Waals surface area contributed by atoms with Crippen LogP contribution in [0.15, 0.2) is 42.7 Å². The standard InChI is InChI=1S/C21H30N4/c1-2-23-14-9-19(10-15-23)20-21-22-11-16-24(21)12-6-13-25(20)17-18-7-4-3-5-8-18/h3-5,7-8,11,16,19-20H,2,6,9-10,12-15,17H2,1H3/t20-/m0/s1. The molecule has 0 N–H and O–H groups in total. The first-order valence-corrected chi connectivity index (χ1v) is 9.86. The average Bonchev–Trinajstić information content (AvgIpc) is 3.04. The van der Waals surface area contributed by atoms with Gasteiger partial charge in [0.1, 0.15) is 5.82 Å². The Kier molecular flexibility index (Phi) is 5.18. The molecule has 0 spiro atoms. The Morgan fingerprint density at radius 2 is 1.84 bits per heavy atom. The maximum absolute atomic E-state index is 4.81. The van der Waals surface area contributed by atoms with Crippen LogP contribution >= 0.6 is 0 Å². The van der Waals surface area contributed by atoms with Crippen molar-refractivity contribution in [2.45, 2.75) is 45.3 Å². The molecule has 4 heteroatoms. The van der Waals surface area contributed by atoms with Gasteiger partial charge in [-0.3, -0.25) is 4.90 Å². The largest absolute Gasteiger partial charge is 0.334 e. The molecule has 1 saturated heterocycles. The Morgan fingerprint density at radius 1 is 1.04 bits per heavy atom. The summed E-state index contributed by atoms with van der Waals surface area (Å²) in [5.74, 6) is 2.01. The second kappa shape index (κ2) is 7.71. The van der Waals surface area contributed by atoms with Crippen LogP contribution in [-0.4, -0.2) is 45.5 Å². The van der Waals surface area contributed by atoms with Crippen LogP contribution in [0.1, 0.15) is 43.6 Å². The topological polar surface area (TPSA) is 24.3 Å². The lowest BCUT2D eigenvalue weighted by Crippen LogP contribution is -2.41. The maximum atomic E-state index is 4.81. The van der Waals surface area contributed by atoms with E-state index in [1.54, 1.807) is 0 Å². The van der Waals surface area contributed by atoms with Gasteiger partial charge in [-0.15, -0.1) is 0 Å². The van der Waals surface area contributed by atoms with Crippen LogP contribution in [0.4, 0.5) is 0 Å². The molecule has 4 rings (SSSR count). The van der Waals surface area contributed by atoms with E-state index in [-0.39, 0.29) is 0 Å². The van der Waals surface area contributed by atoms with Gasteiger partial charge < -0.3 is 9.47 Å². The molecule has 4 nitrogen and oxygen atoms in total. The number of hydrogen-bond donors (Lipinski definition) is 0. The summed E-state index contributed by atoms with van der Waals surface area (Å²) in [7, 11) is 0. The molecule has 0 aliphatic carbocycles. The van der Waals surface area contributed by atoms with Crippen molar-refractivity contribution in [3.05, 3.63) is 54.1 Å². The van der Waals surface area contributed by atoms with Gasteiger partial charge in [-0.05, 0) is 50.4 Å². The minimum Gasteiger partial charge on any atom is -0.334 e. The number of aryl methyl sites for hydroxylation is 1. The van der Waals surface area contributed by atoms with Gasteiger partial charge in [-0.1, -0.05) is 37.3 Å². The minimum absolute atomic E-state index is 0.455. The summed E-state index contributed by atoms with van der Waals surface area (Å²) in [6.07, 6.45) is 7.96. The second-order valence-electron chi connectivity index (χ2n) is 7.50. The van der Waals surface area contributed by atoms with Gasteiger partial charge in [0.2, 0.25) is 0 Å². The second-order valence-corrected chi connectivity index (χ2v) is 7.50. The molecule has 0 amide bonds. The third-order valence-corrected chi connectivity index (χ3v) is 6.00. The lowest BCUT2D eigenvalue weighted by Gasteiger charge is -2.40. The number of piperidine rings is 1. The zero-order chi connectivity index (χ0) is 17.1. The van der Waals surface area contributed by atoms with Gasteiger partial charge in [-0.25, -0.2) is 4.98 Å². The number of aromatic nitrogens is 2. The molecule has 0 saturated carbocycles. The molecule has 0 unspecified atom stereocenters. The number of rotatable bonds is 4. The van der Waals surface area contributed by atoms with E-state index >= 15 is 0 Å². The van der Waals surface area contributed by atoms with Gasteiger partial charge in [0.15, 0.2) is 0 Å². The highest BCUT2D eigenvalue weighted by atomic mass is 15.2. The van der Waals surface area contributed by atoms with Crippen LogP contribution < -0.4 is 0 Å². The Balaban J connectivity index is 1.60. The molecule has 3 heterocycles. The van der Waals surface area contributed by atoms with Crippen LogP contribution in [0.2, 0.25) is 0 Å². The van der Waals surface area contributed by atoms with Crippen molar-refractivity contribution in [2.24, 2.45) is 5.92 Å². The molecule has 0 radical (unpaired) electrons. The van der Waals surface area contributed by atoms with E-state index in [4.69, 9.17) is 4.98 Å². The number of benzene rings is 1. The summed E-state index contributed by atoms with van der Waals surface area (Å²) in [5.41, 5.74) is 1.42. The number of fused-ring (bicyclic) bond motifs is 1. The maximum Gasteiger partial charge on any atom is 0.126 e. The zero-order valence-electron chi connectivity index (χ0n) is 15.3. The van der Waals surface area contributed by atoms with Crippen molar-refractivity contribution in [1.29, 1.82) is 0 Å². The summed E-state index contributed by atoms with van der Waals surface area (Å²) < 4.78 is 2.40. The quantitative estimate of drug-likeness (QED) is 0.852. The van der Waals surface area contributed by atoms with Gasteiger partial charge in [0, 0.05) is 32.0 Å². The first-order valence-electron chi connectivity index (χ1n) is 9.86. The highest BCUT2D eigenvalue weighted by Crippen LogP contribution is 2.37. The Labute approximate surface area is 151 Å². The molecule has 2 aliphatic rings. The van der Waals surface area contributed by atoms with Crippen molar-refractivity contribution >= 4 is 0 Å². The number of likely N-dealkylation sites (tertiary alicyclic amines) is 1. The molecule has 1 aromatic carbocycles. The summed E-state index contributed by atoms with van der Waals surface area (Å²) >= 11 is 0. The fourth-order valence-electron chi connectivity index (χ4n) is 4.61. The van der Waals surface area contributed by atoms with Crippen molar-refractivity contribution in [2.75, 3.05) is 26.2 Å². The first-order chi connectivity index (χ1) is 12.3. The van der Waals surface area contributed by atoms with Crippen molar-refractivity contribution in [3.8, 4) is 0 Å². The molecule has 1 atom stereocenters. The van der Waals surface area contributed by atoms with Crippen molar-refractivity contribution in [1.82, 2.24) is 19.4 Å². The molecule has 0 bridgehead atoms. The van der Waals surface area contributed by atoms with Crippen molar-refractivity contribution < 1.29 is 0 Å². The Bertz CT molecular complexity index is 658. The molecule has 2 aliphatic heterocycles. The van der Waals surface area contributed by atoms with Gasteiger partial charge in [0.25, 0.3) is 0 Å². The van der Waals surface area contributed by atoms with Crippen LogP contribution in [0.25, 0.3) is 0 Å². The molecule has 134 valence electrons. The van der Waals surface area contributed by atoms with Gasteiger partial charge >= 0.3 is 0 Å². The fourth-order valence-corrected chi connectivity index (χ4v) is 4.61. The predicted molar refractivity (Wildman–Crippen MR) is 101 cm³/mol. The summed E-state index contributed by atoms with van der Waals surface area (Å²) in [6, 6.07) is 11.4. The minimum atomic E-state index is 0.455. The summed E-state index contributed by atoms with van der Waals surface area (Å²) in [6.45, 7) is 9.23. The van der Waals surface area contributed by atoms with E-state index in [1.165, 1.54) is 50.3 Å². The average molecular weight is 338 g/mol. The molecular formula is C21H30N4. The molecular weight excluding hydrogens is 308 g/mol. The number of hydrogen-bond acceptors (Lipinski definition) is 3. The van der Waals surface area contributed by atoms with E-state index in [9.17, 15) is 0 Å². The Morgan fingerprint density at radius 3 is 2.60 bits per heavy atom. The highest BCUT2D eigenvalue weighted by Gasteiger charge is 2.35. The lowest BCUT2D eigenvalue weighted by atomic mass is 9.87. The zero-order valence-corrected chi connectivity index (χ0v) is 15.3. The summed E-state index contributed by atoms with van der Waals surface area (Å²) in [4.78, 5) is 10.1. The highest BCUT2D eigenvalue weighted by molar-refractivity contribution is 5.16. The SMILES string of the molecule is CCN1CCC([C@H]2c3nccn3CCCN2Cc2ccccc2)CC1. The summed E-state index contributed by atoms with van der Waals surface area (Å²) in [5, 5.41) is 0. The normalized spacial score (nSPS) is 23.3. The lowest BCUT2D eigenvalue weighted by molar-refractivity contribution is 0.0812. The van der Waals surface area contributed by atoms with Crippen LogP contribution in [0, 0.1) is 5.92 Å². The van der Waals surface area contributed by atoms with Gasteiger partial charge in [0.05, 0.1) is 6.04 Å². The van der Waals surface area contributed by atoms with E-state index in [2.05, 4.69) is 57.8 Å². The van der Waals surface area contributed by atoms with E-state index < -0.39 is 0 Å². The van der Waals surface area contributed by atoms with Crippen LogP contribution in [0.3, 0.4) is 0 Å². The van der Waals surface area contributed by atoms with Gasteiger partial charge in [-0.2, -0.15) is 0 Å². The Hall–Kier alpha value is -1.65. The molecule has 1 aromatic heterocycles. The third-order valence-electron chi connectivity index (χ3n) is 6.00. The predicted octanol–water partition coefficient (Wildman–Crippen LogP) is 3.56. The monoisotopic (exact) mass is 338 g/mol. The number of nitrogens with zero attached hydrogens (tertiary/aromatic N) is 4. The smallest absolute Gasteiger partial charge is 0.126 e. The van der Waals surface area contributed by atoms with Crippen molar-refractivity contribution in [3.63, 3.8) is 0 Å². The molecule has 25 heavy (non-hydrogen) atoms. The van der Waals surface area contributed by atoms with Crippen LogP contribution in [0.5, 0.6) is 0 Å². The fraction of sp³-hybridized carbons (Fsp3) is 0.571. The van der Waals surface area contributed by atoms with E-state index in [0.29, 0.717) is 12.0 Å². The van der Waals surface area contributed by atoms with E-state index in [0.717, 1.165) is 19.6 Å². The van der Waals surface area contributed by atoms with E-state index in [1.807, 2.05) is 6.20 Å². The first kappa shape index (κ1) is 16.8.